The minimum atomic E-state index is -1.26. The fourth-order valence-electron chi connectivity index (χ4n) is 3.78. The van der Waals surface area contributed by atoms with Crippen LogP contribution in [0.25, 0.3) is 21.5 Å². The molecule has 0 bridgehead atoms. The predicted molar refractivity (Wildman–Crippen MR) is 115 cm³/mol. The lowest BCUT2D eigenvalue weighted by molar-refractivity contribution is -0.142. The molecule has 0 spiro atoms. The number of ether oxygens (including phenoxy) is 1. The third-order valence-corrected chi connectivity index (χ3v) is 5.28. The van der Waals surface area contributed by atoms with E-state index in [0.717, 1.165) is 39.2 Å². The summed E-state index contributed by atoms with van der Waals surface area (Å²) in [7, 11) is 1.21. The quantitative estimate of drug-likeness (QED) is 0.374. The zero-order valence-corrected chi connectivity index (χ0v) is 16.7. The number of carbonyl (C=O) groups excluding carboxylic acids is 2. The van der Waals surface area contributed by atoms with Gasteiger partial charge in [0.2, 0.25) is 0 Å². The van der Waals surface area contributed by atoms with Crippen LogP contribution in [0.2, 0.25) is 0 Å². The first kappa shape index (κ1) is 20.5. The lowest BCUT2D eigenvalue weighted by atomic mass is 9.92. The van der Waals surface area contributed by atoms with E-state index < -0.39 is 35.1 Å². The van der Waals surface area contributed by atoms with Gasteiger partial charge in [-0.3, -0.25) is 4.79 Å². The third kappa shape index (κ3) is 3.97. The van der Waals surface area contributed by atoms with Crippen LogP contribution < -0.4 is 5.32 Å². The van der Waals surface area contributed by atoms with Gasteiger partial charge in [-0.15, -0.1) is 0 Å². The van der Waals surface area contributed by atoms with Gasteiger partial charge in [-0.05, 0) is 45.3 Å². The van der Waals surface area contributed by atoms with Gasteiger partial charge < -0.3 is 10.1 Å². The molecular weight excluding hydrogens is 400 g/mol. The van der Waals surface area contributed by atoms with Crippen molar-refractivity contribution in [1.82, 2.24) is 5.32 Å². The molecule has 0 aliphatic heterocycles. The molecular formula is C25H19F2NO3. The molecule has 1 atom stereocenters. The fourth-order valence-corrected chi connectivity index (χ4v) is 3.78. The number of amides is 1. The lowest BCUT2D eigenvalue weighted by Gasteiger charge is -2.19. The second-order valence-corrected chi connectivity index (χ2v) is 7.15. The molecule has 156 valence electrons. The molecule has 31 heavy (non-hydrogen) atoms. The molecule has 0 saturated heterocycles. The van der Waals surface area contributed by atoms with Crippen molar-refractivity contribution >= 4 is 33.4 Å². The maximum absolute atomic E-state index is 14.1. The van der Waals surface area contributed by atoms with Crippen molar-refractivity contribution in [1.29, 1.82) is 0 Å². The molecule has 4 rings (SSSR count). The van der Waals surface area contributed by atoms with Crippen LogP contribution in [0.15, 0.2) is 72.8 Å². The van der Waals surface area contributed by atoms with Crippen LogP contribution in [0.1, 0.15) is 15.9 Å². The normalized spacial score (nSPS) is 12.0. The van der Waals surface area contributed by atoms with Crippen LogP contribution in [0, 0.1) is 11.6 Å². The number of hydrogen-bond donors (Lipinski definition) is 1. The summed E-state index contributed by atoms with van der Waals surface area (Å²) in [6, 6.07) is 19.8. The Kier molecular flexibility index (Phi) is 5.62. The Morgan fingerprint density at radius 2 is 1.52 bits per heavy atom. The van der Waals surface area contributed by atoms with Crippen LogP contribution >= 0.6 is 0 Å². The van der Waals surface area contributed by atoms with E-state index >= 15 is 0 Å². The predicted octanol–water partition coefficient (Wildman–Crippen LogP) is 4.79. The van der Waals surface area contributed by atoms with Crippen molar-refractivity contribution in [3.8, 4) is 0 Å². The van der Waals surface area contributed by atoms with Gasteiger partial charge >= 0.3 is 5.97 Å². The van der Waals surface area contributed by atoms with Crippen molar-refractivity contribution < 1.29 is 23.1 Å². The lowest BCUT2D eigenvalue weighted by Crippen LogP contribution is -2.43. The molecule has 0 heterocycles. The molecule has 0 fully saturated rings. The first-order valence-electron chi connectivity index (χ1n) is 9.71. The Morgan fingerprint density at radius 3 is 2.13 bits per heavy atom. The Labute approximate surface area is 177 Å². The molecule has 4 nitrogen and oxygen atoms in total. The van der Waals surface area contributed by atoms with Crippen molar-refractivity contribution in [3.05, 3.63) is 95.6 Å². The number of hydrogen-bond acceptors (Lipinski definition) is 3. The van der Waals surface area contributed by atoms with Gasteiger partial charge in [0.25, 0.3) is 5.91 Å². The average Bonchev–Trinajstić information content (AvgIpc) is 2.79. The van der Waals surface area contributed by atoms with Crippen molar-refractivity contribution in [2.45, 2.75) is 12.5 Å². The van der Waals surface area contributed by atoms with Crippen LogP contribution in [0.3, 0.4) is 0 Å². The highest BCUT2D eigenvalue weighted by Gasteiger charge is 2.26. The van der Waals surface area contributed by atoms with Crippen LogP contribution in [-0.2, 0) is 16.0 Å². The average molecular weight is 419 g/mol. The Balaban J connectivity index is 1.76. The molecule has 1 N–H and O–H groups in total. The summed E-state index contributed by atoms with van der Waals surface area (Å²) in [6.45, 7) is 0. The molecule has 6 heteroatoms. The van der Waals surface area contributed by atoms with E-state index in [1.54, 1.807) is 0 Å². The molecule has 0 saturated carbocycles. The standard InChI is InChI=1S/C25H19F2NO3/c1-31-25(30)22(28-24(29)19-11-6-12-21(26)23(19)27)14-20-17-9-4-2-7-15(17)13-16-8-3-5-10-18(16)20/h2-13,22H,14H2,1H3,(H,28,29)/t22-/m1/s1. The number of fused-ring (bicyclic) bond motifs is 2. The highest BCUT2D eigenvalue weighted by molar-refractivity contribution is 6.03. The summed E-state index contributed by atoms with van der Waals surface area (Å²) in [5.41, 5.74) is 0.376. The van der Waals surface area contributed by atoms with Gasteiger partial charge in [-0.2, -0.15) is 0 Å². The highest BCUT2D eigenvalue weighted by atomic mass is 19.2. The Bertz CT molecular complexity index is 1250. The summed E-state index contributed by atoms with van der Waals surface area (Å²) < 4.78 is 32.5. The van der Waals surface area contributed by atoms with E-state index in [1.165, 1.54) is 13.2 Å². The number of rotatable bonds is 5. The number of halogens is 2. The first-order chi connectivity index (χ1) is 15.0. The largest absolute Gasteiger partial charge is 0.467 e. The number of methoxy groups -OCH3 is 1. The summed E-state index contributed by atoms with van der Waals surface area (Å²) in [5.74, 6) is -3.97. The molecule has 1 amide bonds. The number of benzene rings is 4. The number of nitrogens with one attached hydrogen (secondary N) is 1. The first-order valence-corrected chi connectivity index (χ1v) is 9.71. The van der Waals surface area contributed by atoms with Crippen molar-refractivity contribution in [3.63, 3.8) is 0 Å². The summed E-state index contributed by atoms with van der Waals surface area (Å²) >= 11 is 0. The number of esters is 1. The summed E-state index contributed by atoms with van der Waals surface area (Å²) in [6.07, 6.45) is 0.122. The molecule has 0 unspecified atom stereocenters. The van der Waals surface area contributed by atoms with Gasteiger partial charge in [0.1, 0.15) is 6.04 Å². The molecule has 4 aromatic rings. The number of carbonyl (C=O) groups is 2. The maximum atomic E-state index is 14.1. The second-order valence-electron chi connectivity index (χ2n) is 7.15. The van der Waals surface area contributed by atoms with E-state index in [9.17, 15) is 18.4 Å². The smallest absolute Gasteiger partial charge is 0.328 e. The molecule has 0 aliphatic rings. The fraction of sp³-hybridized carbons (Fsp3) is 0.120. The van der Waals surface area contributed by atoms with Gasteiger partial charge in [0.05, 0.1) is 12.7 Å². The zero-order valence-electron chi connectivity index (χ0n) is 16.7. The van der Waals surface area contributed by atoms with Gasteiger partial charge in [-0.25, -0.2) is 13.6 Å². The van der Waals surface area contributed by atoms with Crippen LogP contribution in [0.5, 0.6) is 0 Å². The van der Waals surface area contributed by atoms with E-state index in [1.807, 2.05) is 48.5 Å². The maximum Gasteiger partial charge on any atom is 0.328 e. The summed E-state index contributed by atoms with van der Waals surface area (Å²) in [4.78, 5) is 25.1. The van der Waals surface area contributed by atoms with Crippen LogP contribution in [0.4, 0.5) is 8.78 Å². The van der Waals surface area contributed by atoms with E-state index in [4.69, 9.17) is 4.74 Å². The SMILES string of the molecule is COC(=O)[C@@H](Cc1c2ccccc2cc2ccccc12)NC(=O)c1cccc(F)c1F. The minimum absolute atomic E-state index is 0.122. The van der Waals surface area contributed by atoms with Crippen molar-refractivity contribution in [2.75, 3.05) is 7.11 Å². The monoisotopic (exact) mass is 419 g/mol. The molecule has 0 radical (unpaired) electrons. The topological polar surface area (TPSA) is 55.4 Å². The summed E-state index contributed by atoms with van der Waals surface area (Å²) in [5, 5.41) is 6.35. The highest BCUT2D eigenvalue weighted by Crippen LogP contribution is 2.29. The van der Waals surface area contributed by atoms with Gasteiger partial charge in [0.15, 0.2) is 11.6 Å². The Hall–Kier alpha value is -3.80. The third-order valence-electron chi connectivity index (χ3n) is 5.28. The van der Waals surface area contributed by atoms with E-state index in [0.29, 0.717) is 0 Å². The zero-order chi connectivity index (χ0) is 22.0. The Morgan fingerprint density at radius 1 is 0.903 bits per heavy atom. The van der Waals surface area contributed by atoms with Crippen LogP contribution in [-0.4, -0.2) is 25.0 Å². The van der Waals surface area contributed by atoms with Crippen molar-refractivity contribution in [2.24, 2.45) is 0 Å². The van der Waals surface area contributed by atoms with Gasteiger partial charge in [-0.1, -0.05) is 54.6 Å². The van der Waals surface area contributed by atoms with E-state index in [-0.39, 0.29) is 6.42 Å². The molecule has 0 aromatic heterocycles. The van der Waals surface area contributed by atoms with Gasteiger partial charge in [0, 0.05) is 6.42 Å². The molecule has 0 aliphatic carbocycles. The van der Waals surface area contributed by atoms with E-state index in [2.05, 4.69) is 11.4 Å². The minimum Gasteiger partial charge on any atom is -0.467 e. The second kappa shape index (κ2) is 8.52. The molecule has 4 aromatic carbocycles.